The van der Waals surface area contributed by atoms with Gasteiger partial charge in [-0.25, -0.2) is 8.42 Å². The number of hydrogen-bond donors (Lipinski definition) is 1. The quantitative estimate of drug-likeness (QED) is 0.665. The van der Waals surface area contributed by atoms with E-state index in [-0.39, 0.29) is 35.3 Å². The van der Waals surface area contributed by atoms with E-state index in [0.29, 0.717) is 24.0 Å². The van der Waals surface area contributed by atoms with Gasteiger partial charge in [0.25, 0.3) is 5.91 Å². The van der Waals surface area contributed by atoms with Gasteiger partial charge in [-0.3, -0.25) is 4.79 Å². The molecule has 10 heteroatoms. The van der Waals surface area contributed by atoms with E-state index in [1.165, 1.54) is 22.5 Å². The first-order valence-electron chi connectivity index (χ1n) is 9.40. The van der Waals surface area contributed by atoms with Crippen LogP contribution in [-0.2, 0) is 26.0 Å². The highest BCUT2D eigenvalue weighted by Crippen LogP contribution is 2.28. The van der Waals surface area contributed by atoms with E-state index in [9.17, 15) is 13.2 Å². The van der Waals surface area contributed by atoms with E-state index in [1.54, 1.807) is 18.2 Å². The predicted molar refractivity (Wildman–Crippen MR) is 116 cm³/mol. The fourth-order valence-corrected chi connectivity index (χ4v) is 4.79. The Labute approximate surface area is 185 Å². The molecule has 0 radical (unpaired) electrons. The molecule has 1 heterocycles. The predicted octanol–water partition coefficient (Wildman–Crippen LogP) is 3.59. The first-order chi connectivity index (χ1) is 14.3. The lowest BCUT2D eigenvalue weighted by atomic mass is 10.1. The van der Waals surface area contributed by atoms with Crippen LogP contribution < -0.4 is 10.1 Å². The smallest absolute Gasteiger partial charge is 0.262 e. The van der Waals surface area contributed by atoms with E-state index < -0.39 is 15.9 Å². The Bertz CT molecular complexity index is 1020. The molecule has 0 aliphatic carbocycles. The van der Waals surface area contributed by atoms with Crippen LogP contribution in [0.2, 0.25) is 10.0 Å². The lowest BCUT2D eigenvalue weighted by molar-refractivity contribution is -0.118. The minimum absolute atomic E-state index is 0.0512. The van der Waals surface area contributed by atoms with Gasteiger partial charge in [0.15, 0.2) is 6.61 Å². The van der Waals surface area contributed by atoms with Crippen LogP contribution in [0.15, 0.2) is 41.3 Å². The maximum Gasteiger partial charge on any atom is 0.262 e. The maximum atomic E-state index is 12.8. The van der Waals surface area contributed by atoms with Crippen molar-refractivity contribution < 1.29 is 22.7 Å². The number of nitrogens with zero attached hydrogens (tertiary/aromatic N) is 1. The lowest BCUT2D eigenvalue weighted by Gasteiger charge is -2.26. The minimum Gasteiger partial charge on any atom is -0.484 e. The molecule has 1 saturated heterocycles. The van der Waals surface area contributed by atoms with E-state index in [2.05, 4.69) is 5.32 Å². The molecule has 0 bridgehead atoms. The molecule has 0 aromatic heterocycles. The number of aryl methyl sites for hydroxylation is 1. The molecule has 1 fully saturated rings. The number of morpholine rings is 1. The molecule has 3 rings (SSSR count). The molecule has 0 atom stereocenters. The Morgan fingerprint density at radius 3 is 2.53 bits per heavy atom. The first-order valence-corrected chi connectivity index (χ1v) is 11.6. The van der Waals surface area contributed by atoms with Crippen LogP contribution in [0.3, 0.4) is 0 Å². The van der Waals surface area contributed by atoms with Crippen molar-refractivity contribution in [3.8, 4) is 5.75 Å². The van der Waals surface area contributed by atoms with Crippen LogP contribution >= 0.6 is 23.2 Å². The second-order valence-corrected chi connectivity index (χ2v) is 9.35. The van der Waals surface area contributed by atoms with Crippen LogP contribution in [0.5, 0.6) is 5.75 Å². The van der Waals surface area contributed by atoms with E-state index in [4.69, 9.17) is 32.7 Å². The number of rotatable bonds is 7. The van der Waals surface area contributed by atoms with Crippen molar-refractivity contribution in [3.63, 3.8) is 0 Å². The van der Waals surface area contributed by atoms with Gasteiger partial charge in [-0.05, 0) is 48.4 Å². The molecule has 0 spiro atoms. The molecule has 0 saturated carbocycles. The summed E-state index contributed by atoms with van der Waals surface area (Å²) in [5.41, 5.74) is 1.11. The van der Waals surface area contributed by atoms with Gasteiger partial charge in [-0.1, -0.05) is 30.1 Å². The molecule has 2 aromatic rings. The van der Waals surface area contributed by atoms with Crippen molar-refractivity contribution >= 4 is 44.8 Å². The summed E-state index contributed by atoms with van der Waals surface area (Å²) in [6.45, 7) is 2.96. The lowest BCUT2D eigenvalue weighted by Crippen LogP contribution is -2.40. The summed E-state index contributed by atoms with van der Waals surface area (Å²) >= 11 is 12.2. The molecule has 0 unspecified atom stereocenters. The third-order valence-corrected chi connectivity index (χ3v) is 7.18. The summed E-state index contributed by atoms with van der Waals surface area (Å²) in [4.78, 5) is 12.4. The van der Waals surface area contributed by atoms with Gasteiger partial charge in [0, 0.05) is 18.1 Å². The normalized spacial score (nSPS) is 15.0. The molecule has 7 nitrogen and oxygen atoms in total. The van der Waals surface area contributed by atoms with Gasteiger partial charge >= 0.3 is 0 Å². The standard InChI is InChI=1S/C20H22Cl2N2O5S/c1-2-14-11-15(3-5-17(14)21)29-13-20(25)23-19-12-16(4-6-18(19)22)30(26,27)24-7-9-28-10-8-24/h3-6,11-12H,2,7-10,13H2,1H3,(H,23,25). The minimum atomic E-state index is -3.70. The monoisotopic (exact) mass is 472 g/mol. The van der Waals surface area contributed by atoms with Gasteiger partial charge in [-0.2, -0.15) is 4.31 Å². The summed E-state index contributed by atoms with van der Waals surface area (Å²) in [5, 5.41) is 3.47. The molecular weight excluding hydrogens is 451 g/mol. The summed E-state index contributed by atoms with van der Waals surface area (Å²) in [6.07, 6.45) is 0.738. The van der Waals surface area contributed by atoms with Gasteiger partial charge in [0.1, 0.15) is 5.75 Å². The number of hydrogen-bond acceptors (Lipinski definition) is 5. The zero-order chi connectivity index (χ0) is 21.7. The van der Waals surface area contributed by atoms with Gasteiger partial charge in [0.05, 0.1) is 28.8 Å². The van der Waals surface area contributed by atoms with Crippen molar-refractivity contribution in [2.75, 3.05) is 38.2 Å². The fourth-order valence-electron chi connectivity index (χ4n) is 2.94. The zero-order valence-corrected chi connectivity index (χ0v) is 18.7. The van der Waals surface area contributed by atoms with Crippen molar-refractivity contribution in [3.05, 3.63) is 52.0 Å². The maximum absolute atomic E-state index is 12.8. The third kappa shape index (κ3) is 5.44. The Morgan fingerprint density at radius 1 is 1.13 bits per heavy atom. The first kappa shape index (κ1) is 22.8. The second-order valence-electron chi connectivity index (χ2n) is 6.60. The Kier molecular flexibility index (Phi) is 7.60. The summed E-state index contributed by atoms with van der Waals surface area (Å²) in [5.74, 6) is 0.0481. The molecule has 1 N–H and O–H groups in total. The topological polar surface area (TPSA) is 84.9 Å². The highest BCUT2D eigenvalue weighted by atomic mass is 35.5. The Balaban J connectivity index is 1.68. The van der Waals surface area contributed by atoms with Crippen LogP contribution in [0.25, 0.3) is 0 Å². The van der Waals surface area contributed by atoms with Crippen molar-refractivity contribution in [1.29, 1.82) is 0 Å². The van der Waals surface area contributed by atoms with E-state index >= 15 is 0 Å². The van der Waals surface area contributed by atoms with Gasteiger partial charge < -0.3 is 14.8 Å². The number of ether oxygens (including phenoxy) is 2. The SMILES string of the molecule is CCc1cc(OCC(=O)Nc2cc(S(=O)(=O)N3CCOCC3)ccc2Cl)ccc1Cl. The number of sulfonamides is 1. The van der Waals surface area contributed by atoms with E-state index in [1.807, 2.05) is 6.92 Å². The second kappa shape index (κ2) is 9.98. The van der Waals surface area contributed by atoms with Crippen LogP contribution in [0, 0.1) is 0 Å². The molecule has 1 amide bonds. The molecule has 30 heavy (non-hydrogen) atoms. The number of anilines is 1. The molecule has 162 valence electrons. The molecular formula is C20H22Cl2N2O5S. The van der Waals surface area contributed by atoms with Crippen molar-refractivity contribution in [2.45, 2.75) is 18.2 Å². The molecule has 1 aliphatic heterocycles. The average Bonchev–Trinajstić information content (AvgIpc) is 2.75. The molecule has 2 aromatic carbocycles. The van der Waals surface area contributed by atoms with Gasteiger partial charge in [0.2, 0.25) is 10.0 Å². The number of amides is 1. The summed E-state index contributed by atoms with van der Waals surface area (Å²) < 4.78 is 37.7. The highest BCUT2D eigenvalue weighted by molar-refractivity contribution is 7.89. The van der Waals surface area contributed by atoms with Crippen LogP contribution in [0.1, 0.15) is 12.5 Å². The number of carbonyl (C=O) groups excluding carboxylic acids is 1. The van der Waals surface area contributed by atoms with E-state index in [0.717, 1.165) is 12.0 Å². The zero-order valence-electron chi connectivity index (χ0n) is 16.4. The number of carbonyl (C=O) groups is 1. The third-order valence-electron chi connectivity index (χ3n) is 4.59. The number of halogens is 2. The Morgan fingerprint density at radius 2 is 1.83 bits per heavy atom. The average molecular weight is 473 g/mol. The van der Waals surface area contributed by atoms with Gasteiger partial charge in [-0.15, -0.1) is 0 Å². The summed E-state index contributed by atoms with van der Waals surface area (Å²) in [6, 6.07) is 9.37. The van der Waals surface area contributed by atoms with Crippen molar-refractivity contribution in [1.82, 2.24) is 4.31 Å². The fraction of sp³-hybridized carbons (Fsp3) is 0.350. The van der Waals surface area contributed by atoms with Crippen LogP contribution in [0.4, 0.5) is 5.69 Å². The number of benzene rings is 2. The molecule has 1 aliphatic rings. The van der Waals surface area contributed by atoms with Crippen molar-refractivity contribution in [2.24, 2.45) is 0 Å². The highest BCUT2D eigenvalue weighted by Gasteiger charge is 2.27. The largest absolute Gasteiger partial charge is 0.484 e. The Hall–Kier alpha value is -1.84. The number of nitrogens with one attached hydrogen (secondary N) is 1. The summed E-state index contributed by atoms with van der Waals surface area (Å²) in [7, 11) is -3.70. The van der Waals surface area contributed by atoms with Crippen LogP contribution in [-0.4, -0.2) is 51.5 Å².